The standard InChI is InChI=1S/C9H18F3NO2/c1-7(2)13-8(5-14)6-15-4-3-9(10,11)12/h7-8,13-14H,3-6H2,1-2H3. The second-order valence-corrected chi connectivity index (χ2v) is 3.64. The van der Waals surface area contributed by atoms with E-state index < -0.39 is 12.6 Å². The smallest absolute Gasteiger partial charge is 0.391 e. The van der Waals surface area contributed by atoms with Gasteiger partial charge in [-0.1, -0.05) is 13.8 Å². The summed E-state index contributed by atoms with van der Waals surface area (Å²) in [5, 5.41) is 11.8. The Morgan fingerprint density at radius 2 is 1.93 bits per heavy atom. The molecule has 0 saturated carbocycles. The van der Waals surface area contributed by atoms with Gasteiger partial charge in [-0.25, -0.2) is 0 Å². The zero-order valence-electron chi connectivity index (χ0n) is 8.97. The minimum Gasteiger partial charge on any atom is -0.395 e. The lowest BCUT2D eigenvalue weighted by Crippen LogP contribution is -2.41. The van der Waals surface area contributed by atoms with Crippen molar-refractivity contribution < 1.29 is 23.0 Å². The van der Waals surface area contributed by atoms with E-state index in [9.17, 15) is 13.2 Å². The fraction of sp³-hybridized carbons (Fsp3) is 1.00. The molecule has 0 heterocycles. The van der Waals surface area contributed by atoms with E-state index in [1.165, 1.54) is 0 Å². The number of hydrogen-bond acceptors (Lipinski definition) is 3. The molecule has 2 N–H and O–H groups in total. The van der Waals surface area contributed by atoms with Crippen molar-refractivity contribution in [1.29, 1.82) is 0 Å². The van der Waals surface area contributed by atoms with Gasteiger partial charge in [-0.05, 0) is 0 Å². The Kier molecular flexibility index (Phi) is 6.87. The van der Waals surface area contributed by atoms with Crippen LogP contribution >= 0.6 is 0 Å². The predicted octanol–water partition coefficient (Wildman–Crippen LogP) is 1.31. The van der Waals surface area contributed by atoms with Crippen molar-refractivity contribution in [3.8, 4) is 0 Å². The molecule has 0 rings (SSSR count). The Bertz CT molecular complexity index is 162. The highest BCUT2D eigenvalue weighted by Gasteiger charge is 2.26. The number of halogens is 3. The van der Waals surface area contributed by atoms with E-state index in [0.29, 0.717) is 0 Å². The maximum absolute atomic E-state index is 11.7. The van der Waals surface area contributed by atoms with Crippen LogP contribution in [0.25, 0.3) is 0 Å². The lowest BCUT2D eigenvalue weighted by molar-refractivity contribution is -0.145. The summed E-state index contributed by atoms with van der Waals surface area (Å²) in [4.78, 5) is 0. The van der Waals surface area contributed by atoms with Crippen LogP contribution in [0.3, 0.4) is 0 Å². The summed E-state index contributed by atoms with van der Waals surface area (Å²) in [6.45, 7) is 3.35. The minimum atomic E-state index is -4.18. The molecule has 0 amide bonds. The summed E-state index contributed by atoms with van der Waals surface area (Å²) in [5.41, 5.74) is 0. The molecular weight excluding hydrogens is 211 g/mol. The highest BCUT2D eigenvalue weighted by Crippen LogP contribution is 2.18. The normalized spacial score (nSPS) is 14.6. The molecule has 6 heteroatoms. The average Bonchev–Trinajstić information content (AvgIpc) is 2.08. The first-order chi connectivity index (χ1) is 6.85. The molecule has 15 heavy (non-hydrogen) atoms. The van der Waals surface area contributed by atoms with E-state index in [1.807, 2.05) is 13.8 Å². The van der Waals surface area contributed by atoms with Crippen LogP contribution in [0, 0.1) is 0 Å². The molecule has 0 aromatic heterocycles. The van der Waals surface area contributed by atoms with Crippen molar-refractivity contribution in [1.82, 2.24) is 5.32 Å². The Labute approximate surface area is 87.6 Å². The van der Waals surface area contributed by atoms with E-state index in [1.54, 1.807) is 0 Å². The monoisotopic (exact) mass is 229 g/mol. The molecule has 0 aliphatic heterocycles. The summed E-state index contributed by atoms with van der Waals surface area (Å²) >= 11 is 0. The van der Waals surface area contributed by atoms with Crippen molar-refractivity contribution in [2.24, 2.45) is 0 Å². The van der Waals surface area contributed by atoms with Crippen LogP contribution in [0.1, 0.15) is 20.3 Å². The molecule has 0 fully saturated rings. The number of aliphatic hydroxyl groups excluding tert-OH is 1. The fourth-order valence-electron chi connectivity index (χ4n) is 1.04. The van der Waals surface area contributed by atoms with E-state index in [0.717, 1.165) is 0 Å². The number of ether oxygens (including phenoxy) is 1. The average molecular weight is 229 g/mol. The van der Waals surface area contributed by atoms with Gasteiger partial charge in [0.2, 0.25) is 0 Å². The Morgan fingerprint density at radius 3 is 2.33 bits per heavy atom. The maximum atomic E-state index is 11.7. The van der Waals surface area contributed by atoms with Crippen LogP contribution < -0.4 is 5.32 Å². The van der Waals surface area contributed by atoms with E-state index >= 15 is 0 Å². The first-order valence-electron chi connectivity index (χ1n) is 4.86. The van der Waals surface area contributed by atoms with Crippen LogP contribution in [0.4, 0.5) is 13.2 Å². The van der Waals surface area contributed by atoms with Gasteiger partial charge in [0.05, 0.1) is 32.3 Å². The molecule has 0 saturated heterocycles. The molecule has 0 aliphatic rings. The van der Waals surface area contributed by atoms with Crippen molar-refractivity contribution in [3.63, 3.8) is 0 Å². The minimum absolute atomic E-state index is 0.0881. The van der Waals surface area contributed by atoms with E-state index in [4.69, 9.17) is 9.84 Å². The first-order valence-corrected chi connectivity index (χ1v) is 4.86. The third-order valence-electron chi connectivity index (χ3n) is 1.64. The summed E-state index contributed by atoms with van der Waals surface area (Å²) in [7, 11) is 0. The van der Waals surface area contributed by atoms with Crippen molar-refractivity contribution in [2.75, 3.05) is 19.8 Å². The Balaban J connectivity index is 3.55. The van der Waals surface area contributed by atoms with Crippen LogP contribution in [-0.2, 0) is 4.74 Å². The molecule has 0 bridgehead atoms. The number of nitrogens with one attached hydrogen (secondary N) is 1. The largest absolute Gasteiger partial charge is 0.395 e. The molecule has 0 aromatic rings. The van der Waals surface area contributed by atoms with Crippen LogP contribution in [0.2, 0.25) is 0 Å². The van der Waals surface area contributed by atoms with Gasteiger partial charge in [-0.15, -0.1) is 0 Å². The molecule has 3 nitrogen and oxygen atoms in total. The van der Waals surface area contributed by atoms with E-state index in [-0.39, 0.29) is 31.9 Å². The summed E-state index contributed by atoms with van der Waals surface area (Å²) in [6.07, 6.45) is -5.13. The number of alkyl halides is 3. The van der Waals surface area contributed by atoms with Crippen molar-refractivity contribution in [3.05, 3.63) is 0 Å². The van der Waals surface area contributed by atoms with Gasteiger partial charge in [0.1, 0.15) is 0 Å². The summed E-state index contributed by atoms with van der Waals surface area (Å²) in [5.74, 6) is 0. The molecule has 0 spiro atoms. The topological polar surface area (TPSA) is 41.5 Å². The molecule has 0 aromatic carbocycles. The molecule has 0 radical (unpaired) electrons. The predicted molar refractivity (Wildman–Crippen MR) is 50.6 cm³/mol. The van der Waals surface area contributed by atoms with Crippen LogP contribution in [0.5, 0.6) is 0 Å². The van der Waals surface area contributed by atoms with Gasteiger partial charge in [-0.3, -0.25) is 0 Å². The Hall–Kier alpha value is -0.330. The van der Waals surface area contributed by atoms with Crippen LogP contribution in [-0.4, -0.2) is 43.2 Å². The summed E-state index contributed by atoms with van der Waals surface area (Å²) in [6, 6.07) is -0.147. The fourth-order valence-corrected chi connectivity index (χ4v) is 1.04. The third kappa shape index (κ3) is 9.96. The quantitative estimate of drug-likeness (QED) is 0.647. The zero-order valence-corrected chi connectivity index (χ0v) is 8.97. The molecule has 1 unspecified atom stereocenters. The van der Waals surface area contributed by atoms with Gasteiger partial charge < -0.3 is 15.2 Å². The molecule has 1 atom stereocenters. The summed E-state index contributed by atoms with van der Waals surface area (Å²) < 4.78 is 40.0. The van der Waals surface area contributed by atoms with Gasteiger partial charge in [0.15, 0.2) is 0 Å². The first kappa shape index (κ1) is 14.7. The van der Waals surface area contributed by atoms with Gasteiger partial charge in [0.25, 0.3) is 0 Å². The van der Waals surface area contributed by atoms with Gasteiger partial charge >= 0.3 is 6.18 Å². The van der Waals surface area contributed by atoms with Crippen molar-refractivity contribution >= 4 is 0 Å². The molecular formula is C9H18F3NO2. The number of rotatable bonds is 7. The highest BCUT2D eigenvalue weighted by atomic mass is 19.4. The third-order valence-corrected chi connectivity index (χ3v) is 1.64. The second kappa shape index (κ2) is 7.03. The second-order valence-electron chi connectivity index (χ2n) is 3.64. The van der Waals surface area contributed by atoms with Crippen molar-refractivity contribution in [2.45, 2.75) is 38.5 Å². The lowest BCUT2D eigenvalue weighted by atomic mass is 10.3. The van der Waals surface area contributed by atoms with E-state index in [2.05, 4.69) is 5.32 Å². The molecule has 0 aliphatic carbocycles. The Morgan fingerprint density at radius 1 is 1.33 bits per heavy atom. The lowest BCUT2D eigenvalue weighted by Gasteiger charge is -2.19. The number of hydrogen-bond donors (Lipinski definition) is 2. The van der Waals surface area contributed by atoms with Gasteiger partial charge in [0, 0.05) is 6.04 Å². The zero-order chi connectivity index (χ0) is 11.9. The maximum Gasteiger partial charge on any atom is 0.391 e. The molecule has 92 valence electrons. The highest BCUT2D eigenvalue weighted by molar-refractivity contribution is 4.67. The van der Waals surface area contributed by atoms with Crippen LogP contribution in [0.15, 0.2) is 0 Å². The number of aliphatic hydroxyl groups is 1. The SMILES string of the molecule is CC(C)NC(CO)COCCC(F)(F)F. The van der Waals surface area contributed by atoms with Gasteiger partial charge in [-0.2, -0.15) is 13.2 Å².